The first-order chi connectivity index (χ1) is 16.8. The number of aliphatic hydroxyl groups excluding tert-OH is 2. The van der Waals surface area contributed by atoms with Gasteiger partial charge in [0.15, 0.2) is 6.10 Å². The van der Waals surface area contributed by atoms with Crippen molar-refractivity contribution in [2.75, 3.05) is 7.11 Å². The molecule has 0 unspecified atom stereocenters. The average molecular weight is 507 g/mol. The lowest BCUT2D eigenvalue weighted by Gasteiger charge is -2.65. The number of hydrogen-bond acceptors (Lipinski definition) is 10. The van der Waals surface area contributed by atoms with Crippen LogP contribution in [0, 0.1) is 34.5 Å². The minimum absolute atomic E-state index is 0.0381. The summed E-state index contributed by atoms with van der Waals surface area (Å²) in [4.78, 5) is 25.4. The summed E-state index contributed by atoms with van der Waals surface area (Å²) in [6.07, 6.45) is -0.505. The van der Waals surface area contributed by atoms with Gasteiger partial charge >= 0.3 is 11.9 Å². The van der Waals surface area contributed by atoms with Crippen LogP contribution in [-0.4, -0.2) is 73.6 Å². The van der Waals surface area contributed by atoms with Crippen molar-refractivity contribution in [2.24, 2.45) is 34.5 Å². The predicted molar refractivity (Wildman–Crippen MR) is 120 cm³/mol. The van der Waals surface area contributed by atoms with E-state index in [9.17, 15) is 35.1 Å². The number of esters is 2. The molecule has 2 heterocycles. The van der Waals surface area contributed by atoms with Gasteiger partial charge in [-0.2, -0.15) is 0 Å². The summed E-state index contributed by atoms with van der Waals surface area (Å²) >= 11 is 0. The Bertz CT molecular complexity index is 1100. The summed E-state index contributed by atoms with van der Waals surface area (Å²) in [5, 5.41) is 59.8. The van der Waals surface area contributed by atoms with Crippen LogP contribution in [0.25, 0.3) is 0 Å². The van der Waals surface area contributed by atoms with Crippen LogP contribution in [0.15, 0.2) is 23.0 Å². The number of furan rings is 1. The smallest absolute Gasteiger partial charge is 0.335 e. The molecule has 0 radical (unpaired) electrons. The van der Waals surface area contributed by atoms with Crippen LogP contribution >= 0.6 is 0 Å². The second kappa shape index (κ2) is 7.11. The highest BCUT2D eigenvalue weighted by molar-refractivity contribution is 5.75. The third-order valence-electron chi connectivity index (χ3n) is 11.2. The van der Waals surface area contributed by atoms with Crippen molar-refractivity contribution in [1.29, 1.82) is 0 Å². The minimum Gasteiger partial charge on any atom is -0.472 e. The molecule has 198 valence electrons. The summed E-state index contributed by atoms with van der Waals surface area (Å²) < 4.78 is 15.7. The summed E-state index contributed by atoms with van der Waals surface area (Å²) in [5.41, 5.74) is -7.15. The van der Waals surface area contributed by atoms with Crippen LogP contribution in [0.4, 0.5) is 0 Å². The van der Waals surface area contributed by atoms with E-state index in [0.29, 0.717) is 18.4 Å². The van der Waals surface area contributed by atoms with Crippen molar-refractivity contribution in [3.8, 4) is 0 Å². The Labute approximate surface area is 208 Å². The van der Waals surface area contributed by atoms with Gasteiger partial charge in [-0.05, 0) is 37.7 Å². The molecule has 5 aliphatic rings. The monoisotopic (exact) mass is 506 g/mol. The van der Waals surface area contributed by atoms with Crippen molar-refractivity contribution in [3.63, 3.8) is 0 Å². The molecular weight excluding hydrogens is 472 g/mol. The molecule has 36 heavy (non-hydrogen) atoms. The topological polar surface area (TPSA) is 167 Å². The van der Waals surface area contributed by atoms with Gasteiger partial charge < -0.3 is 39.4 Å². The van der Waals surface area contributed by atoms with E-state index in [1.807, 2.05) is 0 Å². The normalized spacial score (nSPS) is 53.8. The Balaban J connectivity index is 1.53. The van der Waals surface area contributed by atoms with Crippen LogP contribution in [0.2, 0.25) is 0 Å². The van der Waals surface area contributed by atoms with Crippen LogP contribution in [-0.2, 0) is 19.1 Å². The number of ether oxygens (including phenoxy) is 2. The fourth-order valence-corrected chi connectivity index (χ4v) is 9.65. The number of hydrogen-bond donors (Lipinski definition) is 5. The van der Waals surface area contributed by atoms with Crippen LogP contribution in [0.5, 0.6) is 0 Å². The zero-order valence-electron chi connectivity index (χ0n) is 20.6. The molecule has 6 rings (SSSR count). The number of carbonyl (C=O) groups is 2. The average Bonchev–Trinajstić information content (AvgIpc) is 3.46. The molecule has 0 spiro atoms. The molecule has 0 aromatic carbocycles. The zero-order chi connectivity index (χ0) is 26.1. The number of carbonyl (C=O) groups excluding carboxylic acids is 2. The van der Waals surface area contributed by atoms with Crippen LogP contribution < -0.4 is 0 Å². The lowest BCUT2D eigenvalue weighted by Crippen LogP contribution is -2.75. The molecule has 5 fully saturated rings. The molecule has 12 atom stereocenters. The molecule has 1 saturated heterocycles. The van der Waals surface area contributed by atoms with Gasteiger partial charge in [0.2, 0.25) is 0 Å². The van der Waals surface area contributed by atoms with E-state index in [4.69, 9.17) is 13.9 Å². The van der Waals surface area contributed by atoms with Crippen molar-refractivity contribution >= 4 is 11.9 Å². The summed E-state index contributed by atoms with van der Waals surface area (Å²) in [7, 11) is 1.16. The number of fused-ring (bicyclic) bond motifs is 6. The van der Waals surface area contributed by atoms with Crippen LogP contribution in [0.3, 0.4) is 0 Å². The Morgan fingerprint density at radius 1 is 1.25 bits per heavy atom. The molecule has 5 N–H and O–H groups in total. The molecule has 1 aliphatic heterocycles. The SMILES string of the molecule is COC(=O)[C@H](O)[C@@H]1[C@H]2[C@H]3CC[C@@]4(C)[C@H](c5ccoc5)OC(=O)C[C@]4(O)[C@@]3(O)[C@@H]3C[C@H](O)[C@@]1(C)C[C@@]23O. The van der Waals surface area contributed by atoms with E-state index < -0.39 is 88.0 Å². The van der Waals surface area contributed by atoms with Gasteiger partial charge in [-0.15, -0.1) is 0 Å². The first kappa shape index (κ1) is 24.4. The van der Waals surface area contributed by atoms with E-state index in [0.717, 1.165) is 7.11 Å². The first-order valence-corrected chi connectivity index (χ1v) is 12.6. The minimum atomic E-state index is -2.01. The second-order valence-corrected chi connectivity index (χ2v) is 12.3. The van der Waals surface area contributed by atoms with Gasteiger partial charge in [-0.1, -0.05) is 13.8 Å². The van der Waals surface area contributed by atoms with Crippen LogP contribution in [0.1, 0.15) is 57.6 Å². The number of methoxy groups -OCH3 is 1. The molecule has 0 amide bonds. The Hall–Kier alpha value is -1.98. The van der Waals surface area contributed by atoms with Gasteiger partial charge in [0.25, 0.3) is 0 Å². The molecular formula is C26H34O10. The molecule has 2 bridgehead atoms. The van der Waals surface area contributed by atoms with Gasteiger partial charge in [0, 0.05) is 34.1 Å². The molecule has 1 aromatic rings. The van der Waals surface area contributed by atoms with E-state index in [2.05, 4.69) is 0 Å². The summed E-state index contributed by atoms with van der Waals surface area (Å²) in [6.45, 7) is 3.52. The lowest BCUT2D eigenvalue weighted by molar-refractivity contribution is -0.322. The van der Waals surface area contributed by atoms with Gasteiger partial charge in [-0.25, -0.2) is 4.79 Å². The largest absolute Gasteiger partial charge is 0.472 e. The molecule has 10 nitrogen and oxygen atoms in total. The van der Waals surface area contributed by atoms with Gasteiger partial charge in [0.05, 0.1) is 37.8 Å². The summed E-state index contributed by atoms with van der Waals surface area (Å²) in [5.74, 6) is -5.01. The maximum Gasteiger partial charge on any atom is 0.335 e. The predicted octanol–water partition coefficient (Wildman–Crippen LogP) is 0.448. The highest BCUT2D eigenvalue weighted by Gasteiger charge is 2.86. The fourth-order valence-electron chi connectivity index (χ4n) is 9.65. The Morgan fingerprint density at radius 2 is 1.97 bits per heavy atom. The zero-order valence-corrected chi connectivity index (χ0v) is 20.6. The number of aliphatic hydroxyl groups is 5. The molecule has 4 aliphatic carbocycles. The van der Waals surface area contributed by atoms with E-state index in [-0.39, 0.29) is 12.8 Å². The highest BCUT2D eigenvalue weighted by Crippen LogP contribution is 2.78. The number of rotatable bonds is 3. The standard InChI is InChI=1S/C26H34O10/c1-22-11-24(31)14(8-15(22)27)26(33)13(17(24)18(22)19(29)21(30)34-3)4-6-23(2)20(12-5-7-35-10-12)36-16(28)9-25(23,26)32/h5,7,10,13-15,17-20,27,29,31-33H,4,6,8-9,11H2,1-3H3/t13-,14-,15+,17-,18+,19-,20+,22-,23+,24+,25-,26+/m1/s1. The molecule has 4 saturated carbocycles. The quantitative estimate of drug-likeness (QED) is 0.363. The van der Waals surface area contributed by atoms with E-state index in [1.165, 1.54) is 12.5 Å². The maximum absolute atomic E-state index is 12.9. The molecule has 1 aromatic heterocycles. The first-order valence-electron chi connectivity index (χ1n) is 12.6. The third kappa shape index (κ3) is 2.46. The van der Waals surface area contributed by atoms with Gasteiger partial charge in [-0.3, -0.25) is 4.79 Å². The van der Waals surface area contributed by atoms with Crippen molar-refractivity contribution in [3.05, 3.63) is 24.2 Å². The van der Waals surface area contributed by atoms with Gasteiger partial charge in [0.1, 0.15) is 17.3 Å². The lowest BCUT2D eigenvalue weighted by atomic mass is 9.45. The Kier molecular flexibility index (Phi) is 4.81. The highest BCUT2D eigenvalue weighted by atomic mass is 16.6. The second-order valence-electron chi connectivity index (χ2n) is 12.3. The number of cyclic esters (lactones) is 1. The Morgan fingerprint density at radius 3 is 2.61 bits per heavy atom. The maximum atomic E-state index is 12.9. The van der Waals surface area contributed by atoms with E-state index >= 15 is 0 Å². The van der Waals surface area contributed by atoms with Crippen molar-refractivity contribution < 1.29 is 49.0 Å². The molecule has 10 heteroatoms. The third-order valence-corrected chi connectivity index (χ3v) is 11.2. The fraction of sp³-hybridized carbons (Fsp3) is 0.769. The van der Waals surface area contributed by atoms with Crippen molar-refractivity contribution in [1.82, 2.24) is 0 Å². The van der Waals surface area contributed by atoms with Crippen molar-refractivity contribution in [2.45, 2.75) is 81.1 Å². The van der Waals surface area contributed by atoms with E-state index in [1.54, 1.807) is 19.9 Å². The summed E-state index contributed by atoms with van der Waals surface area (Å²) in [6, 6.07) is 1.65.